The van der Waals surface area contributed by atoms with Crippen molar-refractivity contribution in [2.24, 2.45) is 11.7 Å². The summed E-state index contributed by atoms with van der Waals surface area (Å²) in [5.74, 6) is 0.693. The zero-order valence-corrected chi connectivity index (χ0v) is 12.7. The number of hydrogen-bond donors (Lipinski definition) is 2. The average Bonchev–Trinajstić information content (AvgIpc) is 2.47. The summed E-state index contributed by atoms with van der Waals surface area (Å²) in [5, 5.41) is 2.96. The van der Waals surface area contributed by atoms with Gasteiger partial charge in [0.2, 0.25) is 5.91 Å². The minimum Gasteiger partial charge on any atom is -0.330 e. The molecule has 1 fully saturated rings. The molecule has 1 aliphatic heterocycles. The molecule has 112 valence electrons. The summed E-state index contributed by atoms with van der Waals surface area (Å²) < 4.78 is 0. The Bertz CT molecular complexity index is 405. The van der Waals surface area contributed by atoms with E-state index >= 15 is 0 Å². The van der Waals surface area contributed by atoms with E-state index in [9.17, 15) is 4.79 Å². The molecule has 4 nitrogen and oxygen atoms in total. The number of halogens is 1. The van der Waals surface area contributed by atoms with E-state index in [4.69, 9.17) is 5.73 Å². The van der Waals surface area contributed by atoms with Crippen LogP contribution in [-0.4, -0.2) is 36.5 Å². The van der Waals surface area contributed by atoms with E-state index in [0.29, 0.717) is 5.92 Å². The predicted molar refractivity (Wildman–Crippen MR) is 85.1 cm³/mol. The van der Waals surface area contributed by atoms with E-state index < -0.39 is 0 Å². The van der Waals surface area contributed by atoms with Crippen molar-refractivity contribution < 1.29 is 4.79 Å². The molecule has 1 atom stereocenters. The van der Waals surface area contributed by atoms with Crippen LogP contribution in [0.25, 0.3) is 0 Å². The van der Waals surface area contributed by atoms with Gasteiger partial charge in [0.25, 0.3) is 0 Å². The number of nitrogens with zero attached hydrogens (tertiary/aromatic N) is 1. The Hall–Kier alpha value is -1.10. The Kier molecular flexibility index (Phi) is 6.99. The summed E-state index contributed by atoms with van der Waals surface area (Å²) in [5.41, 5.74) is 6.55. The Labute approximate surface area is 127 Å². The van der Waals surface area contributed by atoms with Crippen molar-refractivity contribution in [2.45, 2.75) is 25.8 Å². The molecule has 0 saturated carbocycles. The average molecular weight is 298 g/mol. The van der Waals surface area contributed by atoms with Crippen molar-refractivity contribution in [3.63, 3.8) is 0 Å². The Morgan fingerprint density at radius 3 is 2.50 bits per heavy atom. The number of rotatable bonds is 4. The SMILES string of the molecule is CC(C(=O)Nc1ccccc1)N1CCC(CN)CC1.Cl. The van der Waals surface area contributed by atoms with Crippen LogP contribution >= 0.6 is 12.4 Å². The normalized spacial score (nSPS) is 18.1. The Morgan fingerprint density at radius 1 is 1.35 bits per heavy atom. The molecule has 1 aliphatic rings. The summed E-state index contributed by atoms with van der Waals surface area (Å²) in [4.78, 5) is 14.4. The molecule has 0 radical (unpaired) electrons. The van der Waals surface area contributed by atoms with Crippen LogP contribution in [0.1, 0.15) is 19.8 Å². The minimum absolute atomic E-state index is 0. The Morgan fingerprint density at radius 2 is 1.95 bits per heavy atom. The quantitative estimate of drug-likeness (QED) is 0.895. The van der Waals surface area contributed by atoms with Gasteiger partial charge in [-0.05, 0) is 57.5 Å². The monoisotopic (exact) mass is 297 g/mol. The first-order valence-electron chi connectivity index (χ1n) is 7.00. The fraction of sp³-hybridized carbons (Fsp3) is 0.533. The second kappa shape index (κ2) is 8.25. The molecule has 3 N–H and O–H groups in total. The summed E-state index contributed by atoms with van der Waals surface area (Å²) in [6.07, 6.45) is 2.19. The zero-order valence-electron chi connectivity index (χ0n) is 11.9. The number of carbonyl (C=O) groups is 1. The van der Waals surface area contributed by atoms with E-state index in [1.54, 1.807) is 0 Å². The first-order valence-corrected chi connectivity index (χ1v) is 7.00. The molecule has 0 spiro atoms. The highest BCUT2D eigenvalue weighted by atomic mass is 35.5. The standard InChI is InChI=1S/C15H23N3O.ClH/c1-12(18-9-7-13(11-16)8-10-18)15(19)17-14-5-3-2-4-6-14;/h2-6,12-13H,7-11,16H2,1H3,(H,17,19);1H. The van der Waals surface area contributed by atoms with Crippen LogP contribution in [0.3, 0.4) is 0 Å². The van der Waals surface area contributed by atoms with Crippen LogP contribution in [0.15, 0.2) is 30.3 Å². The predicted octanol–water partition coefficient (Wildman–Crippen LogP) is 2.11. The maximum atomic E-state index is 12.2. The van der Waals surface area contributed by atoms with Crippen LogP contribution < -0.4 is 11.1 Å². The topological polar surface area (TPSA) is 58.4 Å². The number of benzene rings is 1. The first kappa shape index (κ1) is 17.0. The lowest BCUT2D eigenvalue weighted by atomic mass is 9.96. The van der Waals surface area contributed by atoms with Crippen LogP contribution in [0, 0.1) is 5.92 Å². The number of anilines is 1. The molecule has 1 aromatic carbocycles. The maximum Gasteiger partial charge on any atom is 0.241 e. The number of likely N-dealkylation sites (tertiary alicyclic amines) is 1. The first-order chi connectivity index (χ1) is 9.20. The molecule has 1 saturated heterocycles. The lowest BCUT2D eigenvalue weighted by Gasteiger charge is -2.34. The molecule has 1 heterocycles. The fourth-order valence-electron chi connectivity index (χ4n) is 2.51. The number of hydrogen-bond acceptors (Lipinski definition) is 3. The van der Waals surface area contributed by atoms with E-state index in [1.165, 1.54) is 0 Å². The minimum atomic E-state index is -0.0843. The van der Waals surface area contributed by atoms with Crippen molar-refractivity contribution in [3.8, 4) is 0 Å². The van der Waals surface area contributed by atoms with Gasteiger partial charge < -0.3 is 11.1 Å². The van der Waals surface area contributed by atoms with E-state index in [2.05, 4.69) is 10.2 Å². The number of carbonyl (C=O) groups excluding carboxylic acids is 1. The maximum absolute atomic E-state index is 12.2. The van der Waals surface area contributed by atoms with E-state index in [1.807, 2.05) is 37.3 Å². The summed E-state index contributed by atoms with van der Waals surface area (Å²) >= 11 is 0. The smallest absolute Gasteiger partial charge is 0.241 e. The number of piperidine rings is 1. The molecular formula is C15H24ClN3O. The molecule has 1 unspecified atom stereocenters. The number of para-hydroxylation sites is 1. The third kappa shape index (κ3) is 4.47. The third-order valence-corrected chi connectivity index (χ3v) is 3.95. The second-order valence-corrected chi connectivity index (χ2v) is 5.25. The fourth-order valence-corrected chi connectivity index (χ4v) is 2.51. The molecule has 0 aliphatic carbocycles. The molecule has 5 heteroatoms. The second-order valence-electron chi connectivity index (χ2n) is 5.25. The highest BCUT2D eigenvalue weighted by Crippen LogP contribution is 2.18. The number of nitrogens with one attached hydrogen (secondary N) is 1. The van der Waals surface area contributed by atoms with Gasteiger partial charge >= 0.3 is 0 Å². The van der Waals surface area contributed by atoms with E-state index in [-0.39, 0.29) is 24.4 Å². The molecular weight excluding hydrogens is 274 g/mol. The lowest BCUT2D eigenvalue weighted by molar-refractivity contribution is -0.121. The van der Waals surface area contributed by atoms with Crippen LogP contribution in [0.5, 0.6) is 0 Å². The lowest BCUT2D eigenvalue weighted by Crippen LogP contribution is -2.46. The van der Waals surface area contributed by atoms with Gasteiger partial charge in [-0.2, -0.15) is 0 Å². The molecule has 20 heavy (non-hydrogen) atoms. The van der Waals surface area contributed by atoms with Crippen molar-refractivity contribution in [3.05, 3.63) is 30.3 Å². The highest BCUT2D eigenvalue weighted by molar-refractivity contribution is 5.94. The van der Waals surface area contributed by atoms with Gasteiger partial charge in [-0.15, -0.1) is 12.4 Å². The summed E-state index contributed by atoms with van der Waals surface area (Å²) in [6.45, 7) is 4.66. The molecule has 1 amide bonds. The summed E-state index contributed by atoms with van der Waals surface area (Å²) in [6, 6.07) is 9.52. The number of nitrogens with two attached hydrogens (primary N) is 1. The van der Waals surface area contributed by atoms with Gasteiger partial charge in [0.1, 0.15) is 0 Å². The van der Waals surface area contributed by atoms with Gasteiger partial charge in [-0.1, -0.05) is 18.2 Å². The van der Waals surface area contributed by atoms with Crippen LogP contribution in [-0.2, 0) is 4.79 Å². The largest absolute Gasteiger partial charge is 0.330 e. The van der Waals surface area contributed by atoms with Crippen LogP contribution in [0.4, 0.5) is 5.69 Å². The van der Waals surface area contributed by atoms with E-state index in [0.717, 1.165) is 38.2 Å². The van der Waals surface area contributed by atoms with Gasteiger partial charge in [0.15, 0.2) is 0 Å². The zero-order chi connectivity index (χ0) is 13.7. The van der Waals surface area contributed by atoms with Crippen molar-refractivity contribution in [1.29, 1.82) is 0 Å². The van der Waals surface area contributed by atoms with Gasteiger partial charge in [-0.3, -0.25) is 9.69 Å². The molecule has 2 rings (SSSR count). The van der Waals surface area contributed by atoms with Crippen molar-refractivity contribution in [1.82, 2.24) is 4.90 Å². The van der Waals surface area contributed by atoms with Crippen molar-refractivity contribution >= 4 is 24.0 Å². The summed E-state index contributed by atoms with van der Waals surface area (Å²) in [7, 11) is 0. The van der Waals surface area contributed by atoms with Crippen molar-refractivity contribution in [2.75, 3.05) is 25.0 Å². The van der Waals surface area contributed by atoms with Crippen LogP contribution in [0.2, 0.25) is 0 Å². The molecule has 0 bridgehead atoms. The Balaban J connectivity index is 0.00000200. The van der Waals surface area contributed by atoms with Gasteiger partial charge in [-0.25, -0.2) is 0 Å². The third-order valence-electron chi connectivity index (χ3n) is 3.95. The highest BCUT2D eigenvalue weighted by Gasteiger charge is 2.25. The molecule has 0 aromatic heterocycles. The van der Waals surface area contributed by atoms with Gasteiger partial charge in [0, 0.05) is 5.69 Å². The van der Waals surface area contributed by atoms with Gasteiger partial charge in [0.05, 0.1) is 6.04 Å². The molecule has 1 aromatic rings. The number of amides is 1.